The Kier molecular flexibility index (Phi) is 6.81. The number of rotatable bonds is 7. The Labute approximate surface area is 226 Å². The van der Waals surface area contributed by atoms with Crippen molar-refractivity contribution in [3.8, 4) is 11.3 Å². The van der Waals surface area contributed by atoms with Crippen molar-refractivity contribution in [2.45, 2.75) is 32.7 Å². The summed E-state index contributed by atoms with van der Waals surface area (Å²) in [5, 5.41) is 9.34. The minimum Gasteiger partial charge on any atom is -0.368 e. The zero-order chi connectivity index (χ0) is 27.4. The molecule has 0 aliphatic carbocycles. The van der Waals surface area contributed by atoms with Gasteiger partial charge in [-0.2, -0.15) is 5.10 Å². The van der Waals surface area contributed by atoms with Crippen molar-refractivity contribution in [3.63, 3.8) is 0 Å². The lowest BCUT2D eigenvalue weighted by Gasteiger charge is -2.48. The topological polar surface area (TPSA) is 93.0 Å². The predicted octanol–water partition coefficient (Wildman–Crippen LogP) is 5.56. The first kappa shape index (κ1) is 26.4. The van der Waals surface area contributed by atoms with E-state index in [1.165, 1.54) is 17.1 Å². The first-order chi connectivity index (χ1) is 17.9. The number of sulfone groups is 1. The average Bonchev–Trinajstić information content (AvgIpc) is 3.18. The number of hydrogen-bond donors (Lipinski definition) is 1. The number of hydrogen-bond acceptors (Lipinski definition) is 7. The quantitative estimate of drug-likeness (QED) is 0.318. The Bertz CT molecular complexity index is 1640. The van der Waals surface area contributed by atoms with E-state index in [-0.39, 0.29) is 40.2 Å². The molecule has 1 saturated heterocycles. The van der Waals surface area contributed by atoms with Gasteiger partial charge in [-0.15, -0.1) is 0 Å². The van der Waals surface area contributed by atoms with Gasteiger partial charge in [0, 0.05) is 61.5 Å². The van der Waals surface area contributed by atoms with Crippen molar-refractivity contribution in [3.05, 3.63) is 59.4 Å². The summed E-state index contributed by atoms with van der Waals surface area (Å²) >= 11 is 6.18. The van der Waals surface area contributed by atoms with Crippen LogP contribution in [0.25, 0.3) is 22.0 Å². The number of fused-ring (bicyclic) bond motifs is 1. The number of aromatic nitrogens is 4. The van der Waals surface area contributed by atoms with Gasteiger partial charge in [-0.25, -0.2) is 17.8 Å². The molecule has 4 aromatic rings. The highest BCUT2D eigenvalue weighted by molar-refractivity contribution is 7.90. The number of aryl methyl sites for hydroxylation is 1. The number of pyridine rings is 2. The van der Waals surface area contributed by atoms with Crippen LogP contribution in [-0.2, 0) is 16.9 Å². The summed E-state index contributed by atoms with van der Waals surface area (Å²) in [6.45, 7) is 6.99. The highest BCUT2D eigenvalue weighted by Crippen LogP contribution is 2.40. The van der Waals surface area contributed by atoms with Gasteiger partial charge in [-0.05, 0) is 42.0 Å². The van der Waals surface area contributed by atoms with Gasteiger partial charge in [-0.3, -0.25) is 9.67 Å². The molecule has 1 N–H and O–H groups in total. The van der Waals surface area contributed by atoms with Crippen LogP contribution in [0.2, 0.25) is 5.15 Å². The second-order valence-electron chi connectivity index (χ2n) is 10.3. The van der Waals surface area contributed by atoms with Gasteiger partial charge in [0.05, 0.1) is 17.0 Å². The van der Waals surface area contributed by atoms with Crippen molar-refractivity contribution in [1.29, 1.82) is 0 Å². The first-order valence-corrected chi connectivity index (χ1v) is 14.8. The summed E-state index contributed by atoms with van der Waals surface area (Å²) in [6.07, 6.45) is 6.22. The van der Waals surface area contributed by atoms with Crippen molar-refractivity contribution in [2.24, 2.45) is 13.0 Å². The lowest BCUT2D eigenvalue weighted by atomic mass is 9.88. The lowest BCUT2D eigenvalue weighted by molar-refractivity contribution is 0.342. The van der Waals surface area contributed by atoms with Crippen LogP contribution in [0.15, 0.2) is 42.9 Å². The molecule has 0 unspecified atom stereocenters. The summed E-state index contributed by atoms with van der Waals surface area (Å²) in [5.74, 6) is 0.481. The molecule has 0 saturated carbocycles. The fourth-order valence-corrected chi connectivity index (χ4v) is 6.56. The van der Waals surface area contributed by atoms with Crippen molar-refractivity contribution < 1.29 is 12.8 Å². The van der Waals surface area contributed by atoms with Crippen molar-refractivity contribution in [2.75, 3.05) is 28.8 Å². The van der Waals surface area contributed by atoms with Crippen LogP contribution in [0.4, 0.5) is 21.6 Å². The van der Waals surface area contributed by atoms with Crippen LogP contribution in [0.5, 0.6) is 0 Å². The van der Waals surface area contributed by atoms with E-state index in [2.05, 4.69) is 58.2 Å². The maximum atomic E-state index is 15.5. The molecule has 0 amide bonds. The molecule has 200 valence electrons. The van der Waals surface area contributed by atoms with Crippen LogP contribution >= 0.6 is 11.6 Å². The molecule has 38 heavy (non-hydrogen) atoms. The highest BCUT2D eigenvalue weighted by atomic mass is 35.5. The molecule has 2 atom stereocenters. The fraction of sp³-hybridized carbons (Fsp3) is 0.370. The zero-order valence-electron chi connectivity index (χ0n) is 21.9. The summed E-state index contributed by atoms with van der Waals surface area (Å²) in [6, 6.07) is 7.78. The molecular weight excluding hydrogens is 527 g/mol. The van der Waals surface area contributed by atoms with Gasteiger partial charge in [0.15, 0.2) is 11.0 Å². The number of nitrogens with one attached hydrogen (secondary N) is 1. The van der Waals surface area contributed by atoms with Gasteiger partial charge in [0.1, 0.15) is 21.3 Å². The molecule has 4 heterocycles. The molecule has 8 nitrogen and oxygen atoms in total. The monoisotopic (exact) mass is 556 g/mol. The van der Waals surface area contributed by atoms with Gasteiger partial charge < -0.3 is 10.2 Å². The van der Waals surface area contributed by atoms with E-state index in [4.69, 9.17) is 11.6 Å². The first-order valence-electron chi connectivity index (χ1n) is 12.4. The van der Waals surface area contributed by atoms with Gasteiger partial charge in [0.2, 0.25) is 0 Å². The second kappa shape index (κ2) is 9.81. The lowest BCUT2D eigenvalue weighted by Crippen LogP contribution is -2.57. The Morgan fingerprint density at radius 2 is 1.97 bits per heavy atom. The van der Waals surface area contributed by atoms with Crippen LogP contribution in [0.3, 0.4) is 0 Å². The summed E-state index contributed by atoms with van der Waals surface area (Å²) in [5.41, 5.74) is 2.90. The molecule has 11 heteroatoms. The van der Waals surface area contributed by atoms with E-state index < -0.39 is 15.7 Å². The van der Waals surface area contributed by atoms with E-state index >= 15 is 4.39 Å². The Morgan fingerprint density at radius 3 is 2.61 bits per heavy atom. The number of halogens is 2. The second-order valence-corrected chi connectivity index (χ2v) is 12.9. The van der Waals surface area contributed by atoms with Crippen molar-refractivity contribution >= 4 is 49.4 Å². The van der Waals surface area contributed by atoms with Gasteiger partial charge in [-0.1, -0.05) is 31.5 Å². The molecule has 1 aliphatic rings. The molecule has 5 rings (SSSR count). The molecule has 0 bridgehead atoms. The summed E-state index contributed by atoms with van der Waals surface area (Å²) < 4.78 is 40.6. The number of anilines is 3. The summed E-state index contributed by atoms with van der Waals surface area (Å²) in [4.78, 5) is 11.0. The molecule has 1 aromatic carbocycles. The third-order valence-corrected chi connectivity index (χ3v) is 8.47. The highest BCUT2D eigenvalue weighted by Gasteiger charge is 2.38. The van der Waals surface area contributed by atoms with E-state index in [1.54, 1.807) is 25.5 Å². The summed E-state index contributed by atoms with van der Waals surface area (Å²) in [7, 11) is -1.33. The SMILES string of the molecule is CC(C)c1ccc(N2C[C@H](CS(C)(=O)=O)[C@H]2C)c2cnc(Nc3ccnc(-c4cn(C)nc4Cl)c3F)cc12. The normalized spacial score (nSPS) is 17.7. The van der Waals surface area contributed by atoms with E-state index in [0.29, 0.717) is 17.9 Å². The smallest absolute Gasteiger partial charge is 0.173 e. The van der Waals surface area contributed by atoms with Crippen LogP contribution < -0.4 is 10.2 Å². The largest absolute Gasteiger partial charge is 0.368 e. The minimum atomic E-state index is -3.04. The standard InChI is InChI=1S/C27H30ClFN6O2S/c1-15(2)18-6-7-23(35-12-17(16(35)3)14-38(5,36)37)20-11-31-24(10-19(18)20)32-22-8-9-30-26(25(22)29)21-13-34(4)33-27(21)28/h6-11,13,15-17H,12,14H2,1-5H3,(H,30,31,32)/t16-,17-/m1/s1. The van der Waals surface area contributed by atoms with Crippen molar-refractivity contribution in [1.82, 2.24) is 19.7 Å². The fourth-order valence-electron chi connectivity index (χ4n) is 5.14. The van der Waals surface area contributed by atoms with E-state index in [0.717, 1.165) is 22.0 Å². The average molecular weight is 557 g/mol. The van der Waals surface area contributed by atoms with E-state index in [9.17, 15) is 8.42 Å². The van der Waals surface area contributed by atoms with Crippen LogP contribution in [0.1, 0.15) is 32.3 Å². The number of nitrogens with zero attached hydrogens (tertiary/aromatic N) is 5. The molecule has 3 aromatic heterocycles. The molecule has 1 aliphatic heterocycles. The Morgan fingerprint density at radius 1 is 1.21 bits per heavy atom. The number of benzene rings is 1. The molecule has 1 fully saturated rings. The van der Waals surface area contributed by atoms with Gasteiger partial charge >= 0.3 is 0 Å². The maximum Gasteiger partial charge on any atom is 0.173 e. The van der Waals surface area contributed by atoms with Crippen LogP contribution in [-0.4, -0.2) is 52.8 Å². The van der Waals surface area contributed by atoms with E-state index in [1.807, 2.05) is 6.07 Å². The van der Waals surface area contributed by atoms with Gasteiger partial charge in [0.25, 0.3) is 0 Å². The Balaban J connectivity index is 1.50. The van der Waals surface area contributed by atoms with Crippen LogP contribution in [0, 0.1) is 11.7 Å². The molecule has 0 spiro atoms. The molecular formula is C27H30ClFN6O2S. The third kappa shape index (κ3) is 4.94. The predicted molar refractivity (Wildman–Crippen MR) is 151 cm³/mol. The molecule has 0 radical (unpaired) electrons. The maximum absolute atomic E-state index is 15.5. The minimum absolute atomic E-state index is 0.0934. The Hall–Kier alpha value is -3.24. The zero-order valence-corrected chi connectivity index (χ0v) is 23.5. The third-order valence-electron chi connectivity index (χ3n) is 7.16.